The number of aryl methyl sites for hydroxylation is 1. The Morgan fingerprint density at radius 3 is 2.39 bits per heavy atom. The largest absolute Gasteiger partial charge is 0.352 e. The lowest BCUT2D eigenvalue weighted by Crippen LogP contribution is -2.49. The Balaban J connectivity index is 1.48. The van der Waals surface area contributed by atoms with Crippen LogP contribution in [0.25, 0.3) is 11.0 Å². The van der Waals surface area contributed by atoms with E-state index in [9.17, 15) is 4.79 Å². The highest BCUT2D eigenvalue weighted by Crippen LogP contribution is 2.30. The van der Waals surface area contributed by atoms with Crippen molar-refractivity contribution in [2.24, 2.45) is 7.05 Å². The van der Waals surface area contributed by atoms with Crippen LogP contribution in [0.4, 0.5) is 5.82 Å². The molecule has 146 valence electrons. The third-order valence-electron chi connectivity index (χ3n) is 5.25. The Labute approximate surface area is 172 Å². The molecule has 1 aromatic carbocycles. The fourth-order valence-corrected chi connectivity index (χ4v) is 4.17. The zero-order chi connectivity index (χ0) is 19.8. The van der Waals surface area contributed by atoms with Crippen LogP contribution in [-0.2, 0) is 7.05 Å². The first-order valence-electron chi connectivity index (χ1n) is 9.43. The Morgan fingerprint density at radius 2 is 1.75 bits per heavy atom. The first-order valence-corrected chi connectivity index (χ1v) is 10.2. The summed E-state index contributed by atoms with van der Waals surface area (Å²) in [6.07, 6.45) is 1.57. The van der Waals surface area contributed by atoms with Crippen molar-refractivity contribution in [1.82, 2.24) is 24.6 Å². The van der Waals surface area contributed by atoms with E-state index < -0.39 is 0 Å². The topological polar surface area (TPSA) is 67.2 Å². The van der Waals surface area contributed by atoms with E-state index in [0.29, 0.717) is 19.0 Å². The molecule has 28 heavy (non-hydrogen) atoms. The van der Waals surface area contributed by atoms with Gasteiger partial charge in [0.2, 0.25) is 0 Å². The fraction of sp³-hybridized carbons (Fsp3) is 0.400. The van der Waals surface area contributed by atoms with Crippen LogP contribution in [0.2, 0.25) is 0 Å². The summed E-state index contributed by atoms with van der Waals surface area (Å²) in [5.74, 6) is 1.41. The maximum atomic E-state index is 12.9. The van der Waals surface area contributed by atoms with Gasteiger partial charge < -0.3 is 9.80 Å². The van der Waals surface area contributed by atoms with Gasteiger partial charge in [0, 0.05) is 38.8 Å². The van der Waals surface area contributed by atoms with Gasteiger partial charge in [-0.15, -0.1) is 0 Å². The number of carbonyl (C=O) groups excluding carboxylic acids is 1. The molecule has 0 unspecified atom stereocenters. The van der Waals surface area contributed by atoms with Gasteiger partial charge in [-0.3, -0.25) is 4.79 Å². The fourth-order valence-electron chi connectivity index (χ4n) is 3.58. The second kappa shape index (κ2) is 7.50. The number of carbonyl (C=O) groups is 1. The molecule has 1 aliphatic rings. The number of rotatable bonds is 3. The molecule has 0 saturated carbocycles. The lowest BCUT2D eigenvalue weighted by Gasteiger charge is -2.35. The second-order valence-corrected chi connectivity index (χ2v) is 8.12. The summed E-state index contributed by atoms with van der Waals surface area (Å²) in [5, 5.41) is 5.30. The minimum absolute atomic E-state index is 0.0883. The van der Waals surface area contributed by atoms with Crippen molar-refractivity contribution in [3.05, 3.63) is 46.3 Å². The first-order chi connectivity index (χ1) is 13.5. The van der Waals surface area contributed by atoms with Gasteiger partial charge in [-0.05, 0) is 39.5 Å². The zero-order valence-corrected chi connectivity index (χ0v) is 17.8. The maximum absolute atomic E-state index is 12.9. The van der Waals surface area contributed by atoms with Crippen LogP contribution in [0, 0.1) is 0 Å². The molecule has 0 atom stereocenters. The van der Waals surface area contributed by atoms with Gasteiger partial charge in [0.05, 0.1) is 5.39 Å². The molecule has 3 heterocycles. The van der Waals surface area contributed by atoms with Crippen molar-refractivity contribution in [3.63, 3.8) is 0 Å². The van der Waals surface area contributed by atoms with Crippen LogP contribution in [0.3, 0.4) is 0 Å². The number of anilines is 1. The molecule has 1 saturated heterocycles. The SMILES string of the molecule is CC(C)c1ccc(C(=O)N2CCN(c3ncnc4c3c(Br)nn4C)CC2)cc1. The molecule has 7 nitrogen and oxygen atoms in total. The molecule has 0 aliphatic carbocycles. The van der Waals surface area contributed by atoms with Crippen molar-refractivity contribution in [2.75, 3.05) is 31.1 Å². The van der Waals surface area contributed by atoms with Gasteiger partial charge in [-0.2, -0.15) is 5.10 Å². The summed E-state index contributed by atoms with van der Waals surface area (Å²) in [5.41, 5.74) is 2.79. The molecule has 0 bridgehead atoms. The average Bonchev–Trinajstić information content (AvgIpc) is 3.01. The molecule has 2 aromatic heterocycles. The molecule has 0 N–H and O–H groups in total. The van der Waals surface area contributed by atoms with Crippen molar-refractivity contribution < 1.29 is 4.79 Å². The van der Waals surface area contributed by atoms with E-state index in [-0.39, 0.29) is 5.91 Å². The predicted molar refractivity (Wildman–Crippen MR) is 113 cm³/mol. The van der Waals surface area contributed by atoms with Crippen molar-refractivity contribution in [1.29, 1.82) is 0 Å². The van der Waals surface area contributed by atoms with Gasteiger partial charge in [-0.25, -0.2) is 14.6 Å². The summed E-state index contributed by atoms with van der Waals surface area (Å²) >= 11 is 3.51. The normalized spacial score (nSPS) is 14.9. The first kappa shape index (κ1) is 18.9. The monoisotopic (exact) mass is 442 g/mol. The lowest BCUT2D eigenvalue weighted by molar-refractivity contribution is 0.0746. The summed E-state index contributed by atoms with van der Waals surface area (Å²) in [6.45, 7) is 7.08. The van der Waals surface area contributed by atoms with Gasteiger partial charge in [0.15, 0.2) is 5.65 Å². The van der Waals surface area contributed by atoms with Crippen LogP contribution < -0.4 is 4.90 Å². The number of piperazine rings is 1. The number of benzene rings is 1. The predicted octanol–water partition coefficient (Wildman–Crippen LogP) is 3.21. The standard InChI is InChI=1S/C20H23BrN6O/c1-13(2)14-4-6-15(7-5-14)20(28)27-10-8-26(9-11-27)19-16-17(21)24-25(3)18(16)22-12-23-19/h4-7,12-13H,8-11H2,1-3H3. The van der Waals surface area contributed by atoms with E-state index in [1.54, 1.807) is 11.0 Å². The van der Waals surface area contributed by atoms with E-state index in [1.807, 2.05) is 36.2 Å². The van der Waals surface area contributed by atoms with Crippen LogP contribution in [0.1, 0.15) is 35.7 Å². The summed E-state index contributed by atoms with van der Waals surface area (Å²) in [4.78, 5) is 25.8. The molecular weight excluding hydrogens is 420 g/mol. The molecule has 8 heteroatoms. The summed E-state index contributed by atoms with van der Waals surface area (Å²) in [6, 6.07) is 7.97. The highest BCUT2D eigenvalue weighted by molar-refractivity contribution is 9.10. The van der Waals surface area contributed by atoms with Gasteiger partial charge in [0.1, 0.15) is 16.7 Å². The molecule has 1 fully saturated rings. The van der Waals surface area contributed by atoms with E-state index in [1.165, 1.54) is 5.56 Å². The number of hydrogen-bond donors (Lipinski definition) is 0. The van der Waals surface area contributed by atoms with Crippen LogP contribution in [0.15, 0.2) is 35.2 Å². The molecule has 1 aliphatic heterocycles. The highest BCUT2D eigenvalue weighted by Gasteiger charge is 2.25. The number of hydrogen-bond acceptors (Lipinski definition) is 5. The Morgan fingerprint density at radius 1 is 1.07 bits per heavy atom. The van der Waals surface area contributed by atoms with Crippen molar-refractivity contribution in [2.45, 2.75) is 19.8 Å². The van der Waals surface area contributed by atoms with Crippen LogP contribution in [0.5, 0.6) is 0 Å². The summed E-state index contributed by atoms with van der Waals surface area (Å²) in [7, 11) is 1.87. The average molecular weight is 443 g/mol. The van der Waals surface area contributed by atoms with E-state index in [4.69, 9.17) is 0 Å². The third-order valence-corrected chi connectivity index (χ3v) is 5.80. The number of aromatic nitrogens is 4. The minimum Gasteiger partial charge on any atom is -0.352 e. The van der Waals surface area contributed by atoms with Crippen molar-refractivity contribution in [3.8, 4) is 0 Å². The zero-order valence-electron chi connectivity index (χ0n) is 16.3. The number of fused-ring (bicyclic) bond motifs is 1. The molecule has 0 radical (unpaired) electrons. The highest BCUT2D eigenvalue weighted by atomic mass is 79.9. The van der Waals surface area contributed by atoms with Crippen molar-refractivity contribution >= 4 is 38.7 Å². The minimum atomic E-state index is 0.0883. The van der Waals surface area contributed by atoms with Gasteiger partial charge in [-0.1, -0.05) is 26.0 Å². The Hall–Kier alpha value is -2.48. The Kier molecular flexibility index (Phi) is 5.05. The molecule has 4 rings (SSSR count). The molecule has 0 spiro atoms. The maximum Gasteiger partial charge on any atom is 0.253 e. The number of amides is 1. The Bertz CT molecular complexity index is 1010. The van der Waals surface area contributed by atoms with Gasteiger partial charge in [0.25, 0.3) is 5.91 Å². The smallest absolute Gasteiger partial charge is 0.253 e. The lowest BCUT2D eigenvalue weighted by atomic mass is 10.0. The van der Waals surface area contributed by atoms with Gasteiger partial charge >= 0.3 is 0 Å². The number of halogens is 1. The number of nitrogens with zero attached hydrogens (tertiary/aromatic N) is 6. The van der Waals surface area contributed by atoms with Crippen LogP contribution >= 0.6 is 15.9 Å². The molecule has 3 aromatic rings. The quantitative estimate of drug-likeness (QED) is 0.622. The summed E-state index contributed by atoms with van der Waals surface area (Å²) < 4.78 is 2.48. The molecule has 1 amide bonds. The third kappa shape index (κ3) is 3.37. The van der Waals surface area contributed by atoms with E-state index in [0.717, 1.165) is 40.1 Å². The van der Waals surface area contributed by atoms with E-state index in [2.05, 4.69) is 49.7 Å². The van der Waals surface area contributed by atoms with Crippen LogP contribution in [-0.4, -0.2) is 56.7 Å². The van der Waals surface area contributed by atoms with E-state index >= 15 is 0 Å². The molecular formula is C20H23BrN6O. The second-order valence-electron chi connectivity index (χ2n) is 7.37.